The number of hydrogen-bond acceptors (Lipinski definition) is 3. The van der Waals surface area contributed by atoms with E-state index in [1.54, 1.807) is 0 Å². The topological polar surface area (TPSA) is 41.6 Å². The molecule has 116 valence electrons. The standard InChI is InChI=1S/C16H30N2O2/c1-16(2,3)20-15(19)18-12-5-4-7-14(18)8-6-11-17-13-9-10-13/h13-14,17H,4-12H2,1-3H3/t14-/m1/s1. The first kappa shape index (κ1) is 15.6. The lowest BCUT2D eigenvalue weighted by atomic mass is 9.98. The van der Waals surface area contributed by atoms with Gasteiger partial charge in [-0.1, -0.05) is 0 Å². The highest BCUT2D eigenvalue weighted by Gasteiger charge is 2.30. The van der Waals surface area contributed by atoms with E-state index in [-0.39, 0.29) is 6.09 Å². The van der Waals surface area contributed by atoms with Gasteiger partial charge in [-0.2, -0.15) is 0 Å². The molecule has 0 spiro atoms. The smallest absolute Gasteiger partial charge is 0.410 e. The maximum absolute atomic E-state index is 12.3. The molecule has 0 aromatic rings. The van der Waals surface area contributed by atoms with Crippen LogP contribution in [0.4, 0.5) is 4.79 Å². The average Bonchev–Trinajstić information content (AvgIpc) is 3.17. The normalized spacial score (nSPS) is 23.8. The first-order valence-electron chi connectivity index (χ1n) is 8.19. The zero-order chi connectivity index (χ0) is 14.6. The number of rotatable bonds is 5. The van der Waals surface area contributed by atoms with Gasteiger partial charge < -0.3 is 15.0 Å². The summed E-state index contributed by atoms with van der Waals surface area (Å²) in [6.45, 7) is 7.75. The molecule has 20 heavy (non-hydrogen) atoms. The van der Waals surface area contributed by atoms with Crippen molar-refractivity contribution < 1.29 is 9.53 Å². The maximum Gasteiger partial charge on any atom is 0.410 e. The zero-order valence-corrected chi connectivity index (χ0v) is 13.3. The molecule has 0 unspecified atom stereocenters. The fraction of sp³-hybridized carbons (Fsp3) is 0.938. The van der Waals surface area contributed by atoms with E-state index in [2.05, 4.69) is 5.32 Å². The molecule has 4 nitrogen and oxygen atoms in total. The van der Waals surface area contributed by atoms with Crippen LogP contribution in [0.15, 0.2) is 0 Å². The van der Waals surface area contributed by atoms with Gasteiger partial charge in [-0.25, -0.2) is 4.79 Å². The molecular formula is C16H30N2O2. The Morgan fingerprint density at radius 2 is 2.00 bits per heavy atom. The van der Waals surface area contributed by atoms with Crippen molar-refractivity contribution in [2.24, 2.45) is 0 Å². The Kier molecular flexibility index (Phi) is 5.30. The number of nitrogens with one attached hydrogen (secondary N) is 1. The number of carbonyl (C=O) groups excluding carboxylic acids is 1. The van der Waals surface area contributed by atoms with Gasteiger partial charge in [0.2, 0.25) is 0 Å². The number of amides is 1. The van der Waals surface area contributed by atoms with Gasteiger partial charge in [0, 0.05) is 18.6 Å². The summed E-state index contributed by atoms with van der Waals surface area (Å²) >= 11 is 0. The summed E-state index contributed by atoms with van der Waals surface area (Å²) in [4.78, 5) is 14.2. The van der Waals surface area contributed by atoms with Crippen molar-refractivity contribution in [2.75, 3.05) is 13.1 Å². The molecule has 2 aliphatic rings. The summed E-state index contributed by atoms with van der Waals surface area (Å²) in [5.41, 5.74) is -0.396. The molecule has 1 heterocycles. The largest absolute Gasteiger partial charge is 0.444 e. The Bertz CT molecular complexity index is 321. The average molecular weight is 282 g/mol. The molecule has 2 rings (SSSR count). The molecule has 4 heteroatoms. The van der Waals surface area contributed by atoms with Crippen molar-refractivity contribution in [1.29, 1.82) is 0 Å². The van der Waals surface area contributed by atoms with Crippen LogP contribution >= 0.6 is 0 Å². The molecule has 1 saturated heterocycles. The zero-order valence-electron chi connectivity index (χ0n) is 13.3. The first-order valence-corrected chi connectivity index (χ1v) is 8.19. The van der Waals surface area contributed by atoms with Crippen molar-refractivity contribution >= 4 is 6.09 Å². The van der Waals surface area contributed by atoms with Crippen molar-refractivity contribution in [1.82, 2.24) is 10.2 Å². The fourth-order valence-corrected chi connectivity index (χ4v) is 2.79. The van der Waals surface area contributed by atoms with Crippen LogP contribution in [0, 0.1) is 0 Å². The van der Waals surface area contributed by atoms with Crippen LogP contribution in [-0.2, 0) is 4.74 Å². The van der Waals surface area contributed by atoms with Gasteiger partial charge in [-0.05, 0) is 72.3 Å². The van der Waals surface area contributed by atoms with Gasteiger partial charge >= 0.3 is 6.09 Å². The van der Waals surface area contributed by atoms with Crippen molar-refractivity contribution in [3.63, 3.8) is 0 Å². The molecule has 2 fully saturated rings. The van der Waals surface area contributed by atoms with E-state index in [4.69, 9.17) is 4.74 Å². The van der Waals surface area contributed by atoms with E-state index in [1.807, 2.05) is 25.7 Å². The molecule has 1 atom stereocenters. The van der Waals surface area contributed by atoms with Crippen LogP contribution in [0.1, 0.15) is 65.7 Å². The third kappa shape index (κ3) is 5.31. The monoisotopic (exact) mass is 282 g/mol. The molecule has 1 saturated carbocycles. The predicted molar refractivity (Wildman–Crippen MR) is 80.8 cm³/mol. The van der Waals surface area contributed by atoms with Gasteiger partial charge in [0.25, 0.3) is 0 Å². The first-order chi connectivity index (χ1) is 9.46. The number of likely N-dealkylation sites (tertiary alicyclic amines) is 1. The van der Waals surface area contributed by atoms with E-state index >= 15 is 0 Å². The highest BCUT2D eigenvalue weighted by molar-refractivity contribution is 5.68. The number of ether oxygens (including phenoxy) is 1. The van der Waals surface area contributed by atoms with Gasteiger partial charge in [0.1, 0.15) is 5.60 Å². The minimum atomic E-state index is -0.396. The molecule has 1 N–H and O–H groups in total. The number of hydrogen-bond donors (Lipinski definition) is 1. The third-order valence-electron chi connectivity index (χ3n) is 3.98. The van der Waals surface area contributed by atoms with Crippen LogP contribution < -0.4 is 5.32 Å². The molecule has 1 aliphatic heterocycles. The summed E-state index contributed by atoms with van der Waals surface area (Å²) in [7, 11) is 0. The molecule has 1 aliphatic carbocycles. The maximum atomic E-state index is 12.3. The molecule has 0 radical (unpaired) electrons. The number of piperidine rings is 1. The summed E-state index contributed by atoms with van der Waals surface area (Å²) in [5.74, 6) is 0. The molecular weight excluding hydrogens is 252 g/mol. The molecule has 1 amide bonds. The van der Waals surface area contributed by atoms with Crippen molar-refractivity contribution in [3.05, 3.63) is 0 Å². The highest BCUT2D eigenvalue weighted by atomic mass is 16.6. The Morgan fingerprint density at radius 1 is 1.25 bits per heavy atom. The fourth-order valence-electron chi connectivity index (χ4n) is 2.79. The minimum absolute atomic E-state index is 0.127. The Morgan fingerprint density at radius 3 is 2.65 bits per heavy atom. The van der Waals surface area contributed by atoms with Gasteiger partial charge in [-0.3, -0.25) is 0 Å². The lowest BCUT2D eigenvalue weighted by Gasteiger charge is -2.37. The minimum Gasteiger partial charge on any atom is -0.444 e. The van der Waals surface area contributed by atoms with Gasteiger partial charge in [0.15, 0.2) is 0 Å². The SMILES string of the molecule is CC(C)(C)OC(=O)N1CCCC[C@@H]1CCCNC1CC1. The Hall–Kier alpha value is -0.770. The van der Waals surface area contributed by atoms with Crippen LogP contribution in [0.5, 0.6) is 0 Å². The summed E-state index contributed by atoms with van der Waals surface area (Å²) in [6, 6.07) is 1.16. The van der Waals surface area contributed by atoms with Gasteiger partial charge in [-0.15, -0.1) is 0 Å². The quantitative estimate of drug-likeness (QED) is 0.787. The predicted octanol–water partition coefficient (Wildman–Crippen LogP) is 3.31. The Balaban J connectivity index is 1.76. The van der Waals surface area contributed by atoms with Crippen LogP contribution in [0.3, 0.4) is 0 Å². The van der Waals surface area contributed by atoms with E-state index in [9.17, 15) is 4.79 Å². The summed E-state index contributed by atoms with van der Waals surface area (Å²) < 4.78 is 5.53. The highest BCUT2D eigenvalue weighted by Crippen LogP contribution is 2.24. The van der Waals surface area contributed by atoms with Gasteiger partial charge in [0.05, 0.1) is 0 Å². The second-order valence-electron chi connectivity index (χ2n) is 7.19. The molecule has 0 aromatic carbocycles. The Labute approximate surface area is 123 Å². The summed E-state index contributed by atoms with van der Waals surface area (Å²) in [5, 5.41) is 3.54. The van der Waals surface area contributed by atoms with E-state index in [0.29, 0.717) is 6.04 Å². The third-order valence-corrected chi connectivity index (χ3v) is 3.98. The van der Waals surface area contributed by atoms with Crippen LogP contribution in [0.25, 0.3) is 0 Å². The molecule has 0 bridgehead atoms. The number of nitrogens with zero attached hydrogens (tertiary/aromatic N) is 1. The van der Waals surface area contributed by atoms with Crippen LogP contribution in [-0.4, -0.2) is 41.8 Å². The van der Waals surface area contributed by atoms with E-state index in [0.717, 1.165) is 44.8 Å². The summed E-state index contributed by atoms with van der Waals surface area (Å²) in [6.07, 6.45) is 8.27. The van der Waals surface area contributed by atoms with E-state index in [1.165, 1.54) is 19.3 Å². The van der Waals surface area contributed by atoms with Crippen molar-refractivity contribution in [2.45, 2.75) is 83.4 Å². The lowest BCUT2D eigenvalue weighted by molar-refractivity contribution is 0.00866. The van der Waals surface area contributed by atoms with E-state index < -0.39 is 5.60 Å². The molecule has 0 aromatic heterocycles. The lowest BCUT2D eigenvalue weighted by Crippen LogP contribution is -2.46. The second-order valence-corrected chi connectivity index (χ2v) is 7.19. The second kappa shape index (κ2) is 6.79. The van der Waals surface area contributed by atoms with Crippen molar-refractivity contribution in [3.8, 4) is 0 Å². The number of carbonyl (C=O) groups is 1. The van der Waals surface area contributed by atoms with Crippen LogP contribution in [0.2, 0.25) is 0 Å².